The van der Waals surface area contributed by atoms with Crippen LogP contribution in [0.2, 0.25) is 0 Å². The number of carbonyl (C=O) groups excluding carboxylic acids is 1. The first-order valence-corrected chi connectivity index (χ1v) is 7.31. The predicted octanol–water partition coefficient (Wildman–Crippen LogP) is 1.28. The molecule has 2 rings (SSSR count). The van der Waals surface area contributed by atoms with Crippen molar-refractivity contribution in [2.45, 2.75) is 45.3 Å². The van der Waals surface area contributed by atoms with Crippen molar-refractivity contribution in [3.8, 4) is 0 Å². The molecule has 2 aliphatic rings. The second-order valence-corrected chi connectivity index (χ2v) is 6.78. The lowest BCUT2D eigenvalue weighted by Crippen LogP contribution is -2.59. The third-order valence-electron chi connectivity index (χ3n) is 3.88. The van der Waals surface area contributed by atoms with Crippen molar-refractivity contribution in [3.63, 3.8) is 0 Å². The van der Waals surface area contributed by atoms with Crippen LogP contribution >= 0.6 is 0 Å². The van der Waals surface area contributed by atoms with Gasteiger partial charge in [-0.05, 0) is 46.1 Å². The number of ether oxygens (including phenoxy) is 1. The molecule has 0 aromatic rings. The molecule has 1 atom stereocenters. The van der Waals surface area contributed by atoms with Crippen molar-refractivity contribution >= 4 is 6.09 Å². The normalized spacial score (nSPS) is 26.1. The third kappa shape index (κ3) is 3.83. The van der Waals surface area contributed by atoms with Crippen LogP contribution in [-0.4, -0.2) is 60.3 Å². The third-order valence-corrected chi connectivity index (χ3v) is 3.88. The molecule has 2 saturated heterocycles. The van der Waals surface area contributed by atoms with E-state index in [-0.39, 0.29) is 6.09 Å². The molecule has 2 fully saturated rings. The molecule has 19 heavy (non-hydrogen) atoms. The van der Waals surface area contributed by atoms with E-state index in [1.54, 1.807) is 0 Å². The van der Waals surface area contributed by atoms with Crippen molar-refractivity contribution in [2.24, 2.45) is 11.7 Å². The number of piperidine rings is 1. The zero-order valence-electron chi connectivity index (χ0n) is 12.4. The fourth-order valence-corrected chi connectivity index (χ4v) is 2.80. The second-order valence-electron chi connectivity index (χ2n) is 6.78. The molecule has 110 valence electrons. The largest absolute Gasteiger partial charge is 0.444 e. The Kier molecular flexibility index (Phi) is 4.36. The van der Waals surface area contributed by atoms with Gasteiger partial charge in [-0.3, -0.25) is 4.90 Å². The molecule has 0 unspecified atom stereocenters. The summed E-state index contributed by atoms with van der Waals surface area (Å²) in [5, 5.41) is 0. The second kappa shape index (κ2) is 5.67. The average molecular weight is 269 g/mol. The lowest BCUT2D eigenvalue weighted by Gasteiger charge is -2.47. The van der Waals surface area contributed by atoms with Crippen LogP contribution in [-0.2, 0) is 4.74 Å². The smallest absolute Gasteiger partial charge is 0.410 e. The molecule has 2 N–H and O–H groups in total. The highest BCUT2D eigenvalue weighted by Gasteiger charge is 2.35. The Bertz CT molecular complexity index is 321. The van der Waals surface area contributed by atoms with E-state index >= 15 is 0 Å². The first-order chi connectivity index (χ1) is 8.89. The quantitative estimate of drug-likeness (QED) is 0.820. The Hall–Kier alpha value is -0.810. The molecule has 0 aromatic carbocycles. The lowest BCUT2D eigenvalue weighted by atomic mass is 9.94. The Morgan fingerprint density at radius 3 is 2.58 bits per heavy atom. The van der Waals surface area contributed by atoms with Gasteiger partial charge in [-0.2, -0.15) is 0 Å². The number of rotatable bonds is 2. The van der Waals surface area contributed by atoms with E-state index in [4.69, 9.17) is 10.5 Å². The van der Waals surface area contributed by atoms with E-state index in [9.17, 15) is 4.79 Å². The zero-order valence-corrected chi connectivity index (χ0v) is 12.4. The highest BCUT2D eigenvalue weighted by Crippen LogP contribution is 2.24. The minimum atomic E-state index is -0.411. The molecule has 2 heterocycles. The van der Waals surface area contributed by atoms with Crippen LogP contribution in [0.4, 0.5) is 4.79 Å². The Labute approximate surface area is 116 Å². The zero-order chi connectivity index (χ0) is 14.0. The van der Waals surface area contributed by atoms with E-state index in [1.807, 2.05) is 25.7 Å². The molecule has 0 spiro atoms. The predicted molar refractivity (Wildman–Crippen MR) is 74.9 cm³/mol. The topological polar surface area (TPSA) is 58.8 Å². The van der Waals surface area contributed by atoms with Crippen LogP contribution in [0.25, 0.3) is 0 Å². The molecule has 0 aliphatic carbocycles. The molecule has 0 radical (unpaired) electrons. The maximum Gasteiger partial charge on any atom is 0.410 e. The summed E-state index contributed by atoms with van der Waals surface area (Å²) in [5.74, 6) is 0.650. The monoisotopic (exact) mass is 269 g/mol. The Morgan fingerprint density at radius 1 is 1.32 bits per heavy atom. The SMILES string of the molecule is CC(C)(C)OC(=O)N1CCC[C@@H](N2CC(CN)C2)C1. The number of hydrogen-bond donors (Lipinski definition) is 1. The number of likely N-dealkylation sites (tertiary alicyclic amines) is 2. The molecule has 0 saturated carbocycles. The number of nitrogens with two attached hydrogens (primary N) is 1. The highest BCUT2D eigenvalue weighted by molar-refractivity contribution is 5.68. The van der Waals surface area contributed by atoms with E-state index in [0.717, 1.165) is 39.1 Å². The maximum absolute atomic E-state index is 12.1. The summed E-state index contributed by atoms with van der Waals surface area (Å²) in [6, 6.07) is 0.490. The van der Waals surface area contributed by atoms with Crippen LogP contribution in [0.1, 0.15) is 33.6 Å². The van der Waals surface area contributed by atoms with Gasteiger partial charge in [-0.25, -0.2) is 4.79 Å². The summed E-state index contributed by atoms with van der Waals surface area (Å²) < 4.78 is 5.45. The van der Waals surface area contributed by atoms with E-state index in [2.05, 4.69) is 4.90 Å². The average Bonchev–Trinajstić information content (AvgIpc) is 2.26. The van der Waals surface area contributed by atoms with Crippen LogP contribution < -0.4 is 5.73 Å². The molecular formula is C14H27N3O2. The van der Waals surface area contributed by atoms with Crippen LogP contribution in [0.3, 0.4) is 0 Å². The van der Waals surface area contributed by atoms with Gasteiger partial charge in [0.15, 0.2) is 0 Å². The molecule has 1 amide bonds. The van der Waals surface area contributed by atoms with Gasteiger partial charge in [0.25, 0.3) is 0 Å². The van der Waals surface area contributed by atoms with Crippen LogP contribution in [0.5, 0.6) is 0 Å². The summed E-state index contributed by atoms with van der Waals surface area (Å²) in [4.78, 5) is 16.4. The summed E-state index contributed by atoms with van der Waals surface area (Å²) >= 11 is 0. The minimum absolute atomic E-state index is 0.173. The first kappa shape index (κ1) is 14.6. The summed E-state index contributed by atoms with van der Waals surface area (Å²) in [5.41, 5.74) is 5.25. The number of nitrogens with zero attached hydrogens (tertiary/aromatic N) is 2. The van der Waals surface area contributed by atoms with Gasteiger partial charge in [-0.15, -0.1) is 0 Å². The van der Waals surface area contributed by atoms with E-state index < -0.39 is 5.60 Å². The Balaban J connectivity index is 1.82. The summed E-state index contributed by atoms with van der Waals surface area (Å²) in [6.07, 6.45) is 2.07. The summed E-state index contributed by atoms with van der Waals surface area (Å²) in [7, 11) is 0. The van der Waals surface area contributed by atoms with Gasteiger partial charge in [0.1, 0.15) is 5.60 Å². The highest BCUT2D eigenvalue weighted by atomic mass is 16.6. The van der Waals surface area contributed by atoms with Gasteiger partial charge in [0.2, 0.25) is 0 Å². The molecule has 5 heteroatoms. The fraction of sp³-hybridized carbons (Fsp3) is 0.929. The van der Waals surface area contributed by atoms with Crippen molar-refractivity contribution in [1.82, 2.24) is 9.80 Å². The number of carbonyl (C=O) groups is 1. The summed E-state index contributed by atoms with van der Waals surface area (Å²) in [6.45, 7) is 10.3. The van der Waals surface area contributed by atoms with Crippen LogP contribution in [0, 0.1) is 5.92 Å². The number of amides is 1. The standard InChI is InChI=1S/C14H27N3O2/c1-14(2,3)19-13(18)16-6-4-5-12(10-16)17-8-11(7-15)9-17/h11-12H,4-10,15H2,1-3H3/t12-/m1/s1. The van der Waals surface area contributed by atoms with Crippen molar-refractivity contribution < 1.29 is 9.53 Å². The minimum Gasteiger partial charge on any atom is -0.444 e. The van der Waals surface area contributed by atoms with Crippen molar-refractivity contribution in [2.75, 3.05) is 32.7 Å². The maximum atomic E-state index is 12.1. The number of hydrogen-bond acceptors (Lipinski definition) is 4. The molecular weight excluding hydrogens is 242 g/mol. The van der Waals surface area contributed by atoms with Crippen molar-refractivity contribution in [1.29, 1.82) is 0 Å². The van der Waals surface area contributed by atoms with Gasteiger partial charge in [-0.1, -0.05) is 0 Å². The first-order valence-electron chi connectivity index (χ1n) is 7.31. The fourth-order valence-electron chi connectivity index (χ4n) is 2.80. The van der Waals surface area contributed by atoms with Gasteiger partial charge in [0, 0.05) is 32.2 Å². The Morgan fingerprint density at radius 2 is 2.00 bits per heavy atom. The van der Waals surface area contributed by atoms with E-state index in [1.165, 1.54) is 6.42 Å². The lowest BCUT2D eigenvalue weighted by molar-refractivity contribution is -0.00811. The molecule has 0 aromatic heterocycles. The van der Waals surface area contributed by atoms with Crippen molar-refractivity contribution in [3.05, 3.63) is 0 Å². The van der Waals surface area contributed by atoms with Gasteiger partial charge >= 0.3 is 6.09 Å². The van der Waals surface area contributed by atoms with Gasteiger partial charge in [0.05, 0.1) is 0 Å². The molecule has 0 bridgehead atoms. The molecule has 5 nitrogen and oxygen atoms in total. The van der Waals surface area contributed by atoms with E-state index in [0.29, 0.717) is 12.0 Å². The molecule has 2 aliphatic heterocycles. The van der Waals surface area contributed by atoms with Gasteiger partial charge < -0.3 is 15.4 Å². The van der Waals surface area contributed by atoms with Crippen LogP contribution in [0.15, 0.2) is 0 Å².